The van der Waals surface area contributed by atoms with Gasteiger partial charge in [0.05, 0.1) is 24.7 Å². The number of aromatic nitrogens is 2. The molecule has 0 aliphatic rings. The number of rotatable bonds is 6. The van der Waals surface area contributed by atoms with Gasteiger partial charge in [0.15, 0.2) is 0 Å². The van der Waals surface area contributed by atoms with Gasteiger partial charge in [-0.3, -0.25) is 9.78 Å². The van der Waals surface area contributed by atoms with Gasteiger partial charge >= 0.3 is 0 Å². The summed E-state index contributed by atoms with van der Waals surface area (Å²) < 4.78 is 5.25. The Hall–Kier alpha value is -3.53. The average Bonchev–Trinajstić information content (AvgIpc) is 2.79. The molecule has 0 aliphatic carbocycles. The van der Waals surface area contributed by atoms with E-state index >= 15 is 0 Å². The molecule has 0 aliphatic heterocycles. The first-order valence-electron chi connectivity index (χ1n) is 9.08. The van der Waals surface area contributed by atoms with Crippen LogP contribution in [0, 0.1) is 0 Å². The van der Waals surface area contributed by atoms with Crippen molar-refractivity contribution in [2.45, 2.75) is 13.8 Å². The number of carbonyl (C=O) groups is 1. The summed E-state index contributed by atoms with van der Waals surface area (Å²) in [6, 6.07) is 14.9. The third kappa shape index (κ3) is 4.41. The van der Waals surface area contributed by atoms with Crippen molar-refractivity contribution in [3.63, 3.8) is 0 Å². The average molecular weight is 372 g/mol. The zero-order chi connectivity index (χ0) is 20.5. The Labute approximate surface area is 166 Å². The summed E-state index contributed by atoms with van der Waals surface area (Å²) in [6.45, 7) is 11.5. The van der Waals surface area contributed by atoms with Gasteiger partial charge in [0.25, 0.3) is 0 Å². The van der Waals surface area contributed by atoms with Gasteiger partial charge in [-0.15, -0.1) is 0 Å². The molecule has 3 rings (SSSR count). The first-order chi connectivity index (χ1) is 13.7. The Morgan fingerprint density at radius 3 is 2.36 bits per heavy atom. The molecule has 4 heteroatoms. The highest BCUT2D eigenvalue weighted by molar-refractivity contribution is 6.11. The maximum atomic E-state index is 13.2. The van der Waals surface area contributed by atoms with E-state index in [1.165, 1.54) is 6.08 Å². The Balaban J connectivity index is 0.00000136. The summed E-state index contributed by atoms with van der Waals surface area (Å²) in [5, 5.41) is 0. The van der Waals surface area contributed by atoms with Gasteiger partial charge in [-0.2, -0.15) is 0 Å². The van der Waals surface area contributed by atoms with Gasteiger partial charge in [-0.25, -0.2) is 4.98 Å². The van der Waals surface area contributed by atoms with E-state index in [4.69, 9.17) is 4.74 Å². The Morgan fingerprint density at radius 1 is 1.04 bits per heavy atom. The number of methoxy groups -OCH3 is 1. The maximum absolute atomic E-state index is 13.2. The van der Waals surface area contributed by atoms with Gasteiger partial charge in [0.1, 0.15) is 11.4 Å². The molecular formula is C24H24N2O2. The topological polar surface area (TPSA) is 52.1 Å². The smallest absolute Gasteiger partial charge is 0.214 e. The second-order valence-electron chi connectivity index (χ2n) is 5.55. The normalized spacial score (nSPS) is 9.68. The summed E-state index contributed by atoms with van der Waals surface area (Å²) in [6.07, 6.45) is 4.81. The molecule has 4 nitrogen and oxygen atoms in total. The molecule has 1 heterocycles. The Morgan fingerprint density at radius 2 is 1.75 bits per heavy atom. The lowest BCUT2D eigenvalue weighted by Crippen LogP contribution is -2.10. The minimum absolute atomic E-state index is 0.248. The van der Waals surface area contributed by atoms with Gasteiger partial charge in [-0.1, -0.05) is 69.5 Å². The number of hydrogen-bond acceptors (Lipinski definition) is 4. The summed E-state index contributed by atoms with van der Waals surface area (Å²) in [5.74, 6) is 0.338. The zero-order valence-corrected chi connectivity index (χ0v) is 16.5. The quantitative estimate of drug-likeness (QED) is 0.521. The van der Waals surface area contributed by atoms with Crippen LogP contribution in [0.3, 0.4) is 0 Å². The predicted octanol–water partition coefficient (Wildman–Crippen LogP) is 5.70. The van der Waals surface area contributed by atoms with Crippen LogP contribution in [0.15, 0.2) is 67.9 Å². The minimum Gasteiger partial charge on any atom is -0.497 e. The van der Waals surface area contributed by atoms with Crippen LogP contribution in [0.1, 0.15) is 41.2 Å². The molecule has 0 unspecified atom stereocenters. The Bertz CT molecular complexity index is 979. The Kier molecular flexibility index (Phi) is 7.40. The van der Waals surface area contributed by atoms with Crippen LogP contribution in [-0.2, 0) is 0 Å². The molecule has 0 amide bonds. The van der Waals surface area contributed by atoms with Crippen LogP contribution in [0.4, 0.5) is 0 Å². The SMILES string of the molecule is C=Cc1ccc(OC)cc1C(=O)c1nc(-c2ccccc2)cnc1C=C.CC. The van der Waals surface area contributed by atoms with Crippen LogP contribution in [0.25, 0.3) is 23.4 Å². The van der Waals surface area contributed by atoms with Gasteiger partial charge in [-0.05, 0) is 23.8 Å². The highest BCUT2D eigenvalue weighted by Gasteiger charge is 2.19. The zero-order valence-electron chi connectivity index (χ0n) is 16.5. The molecule has 0 spiro atoms. The summed E-state index contributed by atoms with van der Waals surface area (Å²) in [4.78, 5) is 22.1. The number of ether oxygens (including phenoxy) is 1. The summed E-state index contributed by atoms with van der Waals surface area (Å²) in [7, 11) is 1.56. The number of ketones is 1. The van der Waals surface area contributed by atoms with Crippen molar-refractivity contribution in [1.82, 2.24) is 9.97 Å². The third-order valence-electron chi connectivity index (χ3n) is 4.00. The molecule has 3 aromatic rings. The molecule has 0 saturated heterocycles. The molecule has 142 valence electrons. The van der Waals surface area contributed by atoms with Crippen molar-refractivity contribution in [3.8, 4) is 17.0 Å². The minimum atomic E-state index is -0.251. The second kappa shape index (κ2) is 9.97. The molecule has 2 aromatic carbocycles. The van der Waals surface area contributed by atoms with E-state index in [1.807, 2.05) is 44.2 Å². The van der Waals surface area contributed by atoms with Crippen molar-refractivity contribution < 1.29 is 9.53 Å². The van der Waals surface area contributed by atoms with Gasteiger partial charge < -0.3 is 4.74 Å². The van der Waals surface area contributed by atoms with Crippen LogP contribution in [-0.4, -0.2) is 22.9 Å². The molecule has 0 bridgehead atoms. The first-order valence-corrected chi connectivity index (χ1v) is 9.08. The van der Waals surface area contributed by atoms with Crippen molar-refractivity contribution >= 4 is 17.9 Å². The number of hydrogen-bond donors (Lipinski definition) is 0. The molecule has 0 fully saturated rings. The van der Waals surface area contributed by atoms with Crippen LogP contribution in [0.5, 0.6) is 5.75 Å². The standard InChI is InChI=1S/C22H18N2O2.C2H6/c1-4-15-11-12-17(26-3)13-18(15)22(25)21-19(5-2)23-14-20(24-21)16-9-7-6-8-10-16;1-2/h4-14H,1-2H2,3H3;1-2H3. The fourth-order valence-electron chi connectivity index (χ4n) is 2.63. The van der Waals surface area contributed by atoms with Crippen LogP contribution in [0.2, 0.25) is 0 Å². The third-order valence-corrected chi connectivity index (χ3v) is 4.00. The van der Waals surface area contributed by atoms with Crippen molar-refractivity contribution in [2.75, 3.05) is 7.11 Å². The largest absolute Gasteiger partial charge is 0.497 e. The van der Waals surface area contributed by atoms with Crippen molar-refractivity contribution in [1.29, 1.82) is 0 Å². The number of carbonyl (C=O) groups excluding carboxylic acids is 1. The van der Waals surface area contributed by atoms with Crippen molar-refractivity contribution in [3.05, 3.63) is 90.4 Å². The summed E-state index contributed by atoms with van der Waals surface area (Å²) >= 11 is 0. The fourth-order valence-corrected chi connectivity index (χ4v) is 2.63. The second-order valence-corrected chi connectivity index (χ2v) is 5.55. The molecule has 28 heavy (non-hydrogen) atoms. The van der Waals surface area contributed by atoms with E-state index in [0.29, 0.717) is 28.3 Å². The van der Waals surface area contributed by atoms with E-state index in [9.17, 15) is 4.79 Å². The lowest BCUT2D eigenvalue weighted by Gasteiger charge is -2.10. The number of nitrogens with zero attached hydrogens (tertiary/aromatic N) is 2. The molecule has 0 saturated carbocycles. The van der Waals surface area contributed by atoms with E-state index in [-0.39, 0.29) is 11.5 Å². The lowest BCUT2D eigenvalue weighted by atomic mass is 9.99. The predicted molar refractivity (Wildman–Crippen MR) is 115 cm³/mol. The first kappa shape index (κ1) is 20.8. The van der Waals surface area contributed by atoms with Gasteiger partial charge in [0.2, 0.25) is 5.78 Å². The summed E-state index contributed by atoms with van der Waals surface area (Å²) in [5.41, 5.74) is 3.37. The van der Waals surface area contributed by atoms with Gasteiger partial charge in [0, 0.05) is 11.1 Å². The van der Waals surface area contributed by atoms with E-state index in [2.05, 4.69) is 23.1 Å². The highest BCUT2D eigenvalue weighted by atomic mass is 16.5. The van der Waals surface area contributed by atoms with Crippen LogP contribution < -0.4 is 4.74 Å². The van der Waals surface area contributed by atoms with Crippen LogP contribution >= 0.6 is 0 Å². The lowest BCUT2D eigenvalue weighted by molar-refractivity contribution is 0.103. The van der Waals surface area contributed by atoms with E-state index < -0.39 is 0 Å². The van der Waals surface area contributed by atoms with E-state index in [0.717, 1.165) is 5.56 Å². The maximum Gasteiger partial charge on any atom is 0.214 e. The number of benzene rings is 2. The molecule has 0 radical (unpaired) electrons. The molecular weight excluding hydrogens is 348 g/mol. The monoisotopic (exact) mass is 372 g/mol. The molecule has 0 N–H and O–H groups in total. The highest BCUT2D eigenvalue weighted by Crippen LogP contribution is 2.24. The van der Waals surface area contributed by atoms with E-state index in [1.54, 1.807) is 37.6 Å². The van der Waals surface area contributed by atoms with Crippen molar-refractivity contribution in [2.24, 2.45) is 0 Å². The molecule has 0 atom stereocenters. The fraction of sp³-hybridized carbons (Fsp3) is 0.125. The molecule has 1 aromatic heterocycles.